The summed E-state index contributed by atoms with van der Waals surface area (Å²) in [5.74, 6) is 2.72. The van der Waals surface area contributed by atoms with Crippen LogP contribution < -0.4 is 10.6 Å². The predicted octanol–water partition coefficient (Wildman–Crippen LogP) is 3.97. The summed E-state index contributed by atoms with van der Waals surface area (Å²) in [5.41, 5.74) is 1.37. The Labute approximate surface area is 131 Å². The van der Waals surface area contributed by atoms with Gasteiger partial charge in [0.05, 0.1) is 0 Å². The van der Waals surface area contributed by atoms with Crippen LogP contribution in [0.15, 0.2) is 22.9 Å². The summed E-state index contributed by atoms with van der Waals surface area (Å²) in [7, 11) is 0. The number of rotatable bonds is 8. The van der Waals surface area contributed by atoms with Crippen molar-refractivity contribution in [1.29, 1.82) is 0 Å². The molecule has 5 heteroatoms. The van der Waals surface area contributed by atoms with E-state index in [4.69, 9.17) is 0 Å². The van der Waals surface area contributed by atoms with Crippen molar-refractivity contribution < 1.29 is 0 Å². The largest absolute Gasteiger partial charge is 0.370 e. The van der Waals surface area contributed by atoms with Crippen molar-refractivity contribution in [3.05, 3.63) is 34.3 Å². The summed E-state index contributed by atoms with van der Waals surface area (Å²) in [6, 6.07) is 4.51. The van der Waals surface area contributed by atoms with Gasteiger partial charge >= 0.3 is 0 Å². The van der Waals surface area contributed by atoms with Crippen molar-refractivity contribution in [2.75, 3.05) is 17.2 Å². The number of anilines is 2. The first-order valence-electron chi connectivity index (χ1n) is 7.60. The third-order valence-corrected chi connectivity index (χ3v) is 3.85. The summed E-state index contributed by atoms with van der Waals surface area (Å²) in [6.45, 7) is 7.28. The monoisotopic (exact) mass is 304 g/mol. The average molecular weight is 304 g/mol. The highest BCUT2D eigenvalue weighted by Crippen LogP contribution is 2.15. The summed E-state index contributed by atoms with van der Waals surface area (Å²) >= 11 is 1.74. The van der Waals surface area contributed by atoms with E-state index in [0.29, 0.717) is 6.04 Å². The Morgan fingerprint density at radius 3 is 2.71 bits per heavy atom. The van der Waals surface area contributed by atoms with E-state index in [1.54, 1.807) is 11.3 Å². The van der Waals surface area contributed by atoms with E-state index < -0.39 is 0 Å². The molecule has 1 atom stereocenters. The summed E-state index contributed by atoms with van der Waals surface area (Å²) in [4.78, 5) is 9.15. The first kappa shape index (κ1) is 15.8. The molecule has 0 aliphatic rings. The molecule has 1 unspecified atom stereocenters. The Morgan fingerprint density at radius 1 is 1.24 bits per heavy atom. The number of aromatic nitrogens is 2. The number of nitrogens with one attached hydrogen (secondary N) is 2. The normalized spacial score (nSPS) is 12.1. The fourth-order valence-corrected chi connectivity index (χ4v) is 2.93. The van der Waals surface area contributed by atoms with Crippen molar-refractivity contribution in [1.82, 2.24) is 9.97 Å². The molecule has 0 aromatic carbocycles. The Morgan fingerprint density at radius 2 is 2.05 bits per heavy atom. The van der Waals surface area contributed by atoms with Crippen LogP contribution >= 0.6 is 11.3 Å². The van der Waals surface area contributed by atoms with Crippen LogP contribution in [0.4, 0.5) is 11.6 Å². The van der Waals surface area contributed by atoms with E-state index in [1.165, 1.54) is 5.56 Å². The highest BCUT2D eigenvalue weighted by atomic mass is 32.1. The molecule has 0 radical (unpaired) electrons. The zero-order valence-electron chi connectivity index (χ0n) is 13.0. The maximum Gasteiger partial charge on any atom is 0.133 e. The van der Waals surface area contributed by atoms with Crippen LogP contribution in [0, 0.1) is 0 Å². The van der Waals surface area contributed by atoms with E-state index in [2.05, 4.69) is 58.2 Å². The van der Waals surface area contributed by atoms with Gasteiger partial charge in [-0.15, -0.1) is 0 Å². The maximum atomic E-state index is 4.62. The van der Waals surface area contributed by atoms with Crippen molar-refractivity contribution >= 4 is 23.0 Å². The molecule has 21 heavy (non-hydrogen) atoms. The molecule has 2 aromatic rings. The lowest BCUT2D eigenvalue weighted by Crippen LogP contribution is -2.19. The highest BCUT2D eigenvalue weighted by molar-refractivity contribution is 7.07. The molecular weight excluding hydrogens is 280 g/mol. The number of thiophene rings is 1. The molecular formula is C16H24N4S. The van der Waals surface area contributed by atoms with Gasteiger partial charge in [-0.2, -0.15) is 11.3 Å². The fraction of sp³-hybridized carbons (Fsp3) is 0.500. The van der Waals surface area contributed by atoms with Gasteiger partial charge in [0.15, 0.2) is 0 Å². The standard InChI is InChI=1S/C16H24N4S/c1-4-6-14-19-15(17-5-2)10-16(20-14)18-12(3)9-13-7-8-21-11-13/h7-8,10-12H,4-6,9H2,1-3H3,(H2,17,18,19,20). The highest BCUT2D eigenvalue weighted by Gasteiger charge is 2.08. The quantitative estimate of drug-likeness (QED) is 0.775. The van der Waals surface area contributed by atoms with E-state index in [-0.39, 0.29) is 0 Å². The molecule has 4 nitrogen and oxygen atoms in total. The first-order valence-corrected chi connectivity index (χ1v) is 8.55. The van der Waals surface area contributed by atoms with Crippen LogP contribution in [0.2, 0.25) is 0 Å². The van der Waals surface area contributed by atoms with Crippen molar-refractivity contribution in [3.8, 4) is 0 Å². The molecule has 114 valence electrons. The van der Waals surface area contributed by atoms with Crippen LogP contribution in [0.3, 0.4) is 0 Å². The smallest absolute Gasteiger partial charge is 0.133 e. The lowest BCUT2D eigenvalue weighted by atomic mass is 10.1. The Hall–Kier alpha value is -1.62. The van der Waals surface area contributed by atoms with Crippen LogP contribution in [-0.4, -0.2) is 22.6 Å². The third kappa shape index (κ3) is 5.01. The molecule has 2 heterocycles. The molecule has 0 bridgehead atoms. The van der Waals surface area contributed by atoms with Crippen molar-refractivity contribution in [2.45, 2.75) is 46.1 Å². The second kappa shape index (κ2) is 7.98. The SMILES string of the molecule is CCCc1nc(NCC)cc(NC(C)Cc2ccsc2)n1. The second-order valence-corrected chi connectivity index (χ2v) is 6.00. The Bertz CT molecular complexity index is 515. The molecule has 2 rings (SSSR count). The van der Waals surface area contributed by atoms with Crippen LogP contribution in [-0.2, 0) is 12.8 Å². The van der Waals surface area contributed by atoms with Gasteiger partial charge in [-0.3, -0.25) is 0 Å². The number of aryl methyl sites for hydroxylation is 1. The molecule has 0 aliphatic carbocycles. The van der Waals surface area contributed by atoms with E-state index in [1.807, 2.05) is 6.07 Å². The first-order chi connectivity index (χ1) is 10.2. The number of nitrogens with zero attached hydrogens (tertiary/aromatic N) is 2. The van der Waals surface area contributed by atoms with Crippen LogP contribution in [0.5, 0.6) is 0 Å². The van der Waals surface area contributed by atoms with Gasteiger partial charge in [-0.1, -0.05) is 6.92 Å². The van der Waals surface area contributed by atoms with Gasteiger partial charge in [-0.05, 0) is 49.1 Å². The van der Waals surface area contributed by atoms with Gasteiger partial charge in [-0.25, -0.2) is 9.97 Å². The third-order valence-electron chi connectivity index (χ3n) is 3.12. The second-order valence-electron chi connectivity index (χ2n) is 5.22. The lowest BCUT2D eigenvalue weighted by Gasteiger charge is -2.15. The van der Waals surface area contributed by atoms with Gasteiger partial charge < -0.3 is 10.6 Å². The van der Waals surface area contributed by atoms with Gasteiger partial charge in [0, 0.05) is 25.1 Å². The van der Waals surface area contributed by atoms with Crippen molar-refractivity contribution in [3.63, 3.8) is 0 Å². The van der Waals surface area contributed by atoms with E-state index >= 15 is 0 Å². The lowest BCUT2D eigenvalue weighted by molar-refractivity contribution is 0.776. The molecule has 0 fully saturated rings. The molecule has 2 aromatic heterocycles. The molecule has 0 spiro atoms. The van der Waals surface area contributed by atoms with Crippen LogP contribution in [0.25, 0.3) is 0 Å². The molecule has 0 amide bonds. The van der Waals surface area contributed by atoms with Crippen LogP contribution in [0.1, 0.15) is 38.6 Å². The molecule has 0 aliphatic heterocycles. The maximum absolute atomic E-state index is 4.62. The summed E-state index contributed by atoms with van der Waals surface area (Å²) in [6.07, 6.45) is 2.97. The molecule has 0 saturated heterocycles. The van der Waals surface area contributed by atoms with Gasteiger partial charge in [0.2, 0.25) is 0 Å². The average Bonchev–Trinajstić information content (AvgIpc) is 2.91. The van der Waals surface area contributed by atoms with Gasteiger partial charge in [0.25, 0.3) is 0 Å². The fourth-order valence-electron chi connectivity index (χ4n) is 2.24. The minimum absolute atomic E-state index is 0.346. The Kier molecular flexibility index (Phi) is 5.99. The number of hydrogen-bond acceptors (Lipinski definition) is 5. The Balaban J connectivity index is 2.06. The van der Waals surface area contributed by atoms with E-state index in [0.717, 1.165) is 43.3 Å². The minimum Gasteiger partial charge on any atom is -0.370 e. The van der Waals surface area contributed by atoms with Gasteiger partial charge in [0.1, 0.15) is 17.5 Å². The zero-order valence-corrected chi connectivity index (χ0v) is 13.8. The number of hydrogen-bond donors (Lipinski definition) is 2. The van der Waals surface area contributed by atoms with E-state index in [9.17, 15) is 0 Å². The predicted molar refractivity (Wildman–Crippen MR) is 91.3 cm³/mol. The van der Waals surface area contributed by atoms with Crippen molar-refractivity contribution in [2.24, 2.45) is 0 Å². The zero-order chi connectivity index (χ0) is 15.1. The topological polar surface area (TPSA) is 49.8 Å². The molecule has 2 N–H and O–H groups in total. The summed E-state index contributed by atoms with van der Waals surface area (Å²) in [5, 5.41) is 11.1. The summed E-state index contributed by atoms with van der Waals surface area (Å²) < 4.78 is 0. The molecule has 0 saturated carbocycles. The minimum atomic E-state index is 0.346.